The lowest BCUT2D eigenvalue weighted by atomic mass is 10.3. The van der Waals surface area contributed by atoms with E-state index in [0.29, 0.717) is 23.0 Å². The van der Waals surface area contributed by atoms with Crippen LogP contribution in [0.2, 0.25) is 0 Å². The van der Waals surface area contributed by atoms with Gasteiger partial charge in [-0.2, -0.15) is 0 Å². The first-order valence-corrected chi connectivity index (χ1v) is 14.2. The van der Waals surface area contributed by atoms with Crippen molar-refractivity contribution in [1.82, 2.24) is 4.86 Å². The third kappa shape index (κ3) is 6.95. The SMILES string of the molecule is O=P(NP(=S)(Oc1ccccc1)Oc1ccccc1)(Oc1ccccc1)Oc1ccccc1. The molecule has 0 aliphatic heterocycles. The summed E-state index contributed by atoms with van der Waals surface area (Å²) < 4.78 is 37.7. The second-order valence-corrected chi connectivity index (χ2v) is 11.7. The minimum Gasteiger partial charge on any atom is -0.424 e. The number of benzene rings is 4. The van der Waals surface area contributed by atoms with Crippen molar-refractivity contribution in [3.05, 3.63) is 121 Å². The topological polar surface area (TPSA) is 66.0 Å². The van der Waals surface area contributed by atoms with Crippen LogP contribution in [0.25, 0.3) is 0 Å². The molecule has 4 aromatic carbocycles. The summed E-state index contributed by atoms with van der Waals surface area (Å²) in [7, 11) is -4.11. The Balaban J connectivity index is 1.69. The highest BCUT2D eigenvalue weighted by Crippen LogP contribution is 2.57. The molecule has 0 amide bonds. The van der Waals surface area contributed by atoms with Crippen LogP contribution in [0.15, 0.2) is 121 Å². The quantitative estimate of drug-likeness (QED) is 0.232. The average Bonchev–Trinajstić information content (AvgIpc) is 2.81. The summed E-state index contributed by atoms with van der Waals surface area (Å²) in [5.74, 6) is 1.58. The zero-order valence-electron chi connectivity index (χ0n) is 17.4. The molecule has 9 heteroatoms. The molecule has 0 fully saturated rings. The van der Waals surface area contributed by atoms with Crippen LogP contribution in [0.1, 0.15) is 0 Å². The van der Waals surface area contributed by atoms with E-state index >= 15 is 0 Å². The Kier molecular flexibility index (Phi) is 7.48. The minimum atomic E-state index is -4.11. The standard InChI is InChI=1S/C24H21NO5P2S/c26-31(27-21-13-5-1-6-14-21,28-22-15-7-2-8-16-22)25-32(33,29-23-17-9-3-10-18-23)30-24-19-11-4-12-20-24/h1-20H,(H,25,26,33). The summed E-state index contributed by atoms with van der Waals surface area (Å²) in [5, 5.41) is 0. The lowest BCUT2D eigenvalue weighted by molar-refractivity contribution is 0.375. The van der Waals surface area contributed by atoms with Gasteiger partial charge in [0.2, 0.25) is 0 Å². The zero-order valence-corrected chi connectivity index (χ0v) is 20.0. The van der Waals surface area contributed by atoms with Crippen LogP contribution in [0.3, 0.4) is 0 Å². The second kappa shape index (κ2) is 10.7. The monoisotopic (exact) mass is 497 g/mol. The number of hydrogen-bond donors (Lipinski definition) is 1. The first-order valence-electron chi connectivity index (χ1n) is 10.0. The molecule has 0 saturated heterocycles. The Morgan fingerprint density at radius 2 is 0.758 bits per heavy atom. The van der Waals surface area contributed by atoms with Gasteiger partial charge in [0.1, 0.15) is 23.0 Å². The van der Waals surface area contributed by atoms with Crippen molar-refractivity contribution < 1.29 is 22.7 Å². The van der Waals surface area contributed by atoms with Gasteiger partial charge < -0.3 is 18.1 Å². The second-order valence-electron chi connectivity index (χ2n) is 6.71. The summed E-state index contributed by atoms with van der Waals surface area (Å²) in [4.78, 5) is 2.79. The third-order valence-electron chi connectivity index (χ3n) is 4.12. The van der Waals surface area contributed by atoms with Gasteiger partial charge in [-0.25, -0.2) is 4.57 Å². The van der Waals surface area contributed by atoms with Gasteiger partial charge in [0.25, 0.3) is 0 Å². The van der Waals surface area contributed by atoms with E-state index in [4.69, 9.17) is 29.9 Å². The van der Waals surface area contributed by atoms with Gasteiger partial charge in [-0.3, -0.25) is 0 Å². The summed E-state index contributed by atoms with van der Waals surface area (Å²) in [5.41, 5.74) is 0. The van der Waals surface area contributed by atoms with Crippen molar-refractivity contribution in [1.29, 1.82) is 0 Å². The molecule has 4 aromatic rings. The van der Waals surface area contributed by atoms with Crippen LogP contribution in [0, 0.1) is 0 Å². The lowest BCUT2D eigenvalue weighted by Gasteiger charge is -2.28. The fourth-order valence-electron chi connectivity index (χ4n) is 2.75. The number of rotatable bonds is 10. The third-order valence-corrected chi connectivity index (χ3v) is 9.07. The largest absolute Gasteiger partial charge is 0.522 e. The van der Waals surface area contributed by atoms with Crippen molar-refractivity contribution in [3.8, 4) is 23.0 Å². The molecule has 0 unspecified atom stereocenters. The molecule has 0 spiro atoms. The van der Waals surface area contributed by atoms with E-state index in [-0.39, 0.29) is 0 Å². The van der Waals surface area contributed by atoms with E-state index < -0.39 is 14.4 Å². The molecule has 0 heterocycles. The van der Waals surface area contributed by atoms with Gasteiger partial charge in [-0.15, -0.1) is 4.86 Å². The summed E-state index contributed by atoms with van der Waals surface area (Å²) in [6, 6.07) is 35.2. The first kappa shape index (κ1) is 23.1. The van der Waals surface area contributed by atoms with Gasteiger partial charge in [-0.1, -0.05) is 72.8 Å². The van der Waals surface area contributed by atoms with E-state index in [9.17, 15) is 4.57 Å². The maximum Gasteiger partial charge on any atom is 0.522 e. The molecule has 0 atom stereocenters. The van der Waals surface area contributed by atoms with E-state index in [0.717, 1.165) is 0 Å². The molecule has 168 valence electrons. The maximum absolute atomic E-state index is 14.0. The van der Waals surface area contributed by atoms with Gasteiger partial charge in [0.15, 0.2) is 0 Å². The first-order chi connectivity index (χ1) is 16.0. The van der Waals surface area contributed by atoms with Crippen molar-refractivity contribution in [2.45, 2.75) is 0 Å². The molecule has 0 saturated carbocycles. The average molecular weight is 497 g/mol. The maximum atomic E-state index is 14.0. The van der Waals surface area contributed by atoms with Crippen LogP contribution in [-0.4, -0.2) is 0 Å². The molecule has 0 radical (unpaired) electrons. The Labute approximate surface area is 197 Å². The number of nitrogens with one attached hydrogen (secondary N) is 1. The minimum absolute atomic E-state index is 0.338. The van der Waals surface area contributed by atoms with Gasteiger partial charge in [0, 0.05) is 11.8 Å². The van der Waals surface area contributed by atoms with Crippen LogP contribution in [0.4, 0.5) is 0 Å². The molecule has 0 aliphatic carbocycles. The van der Waals surface area contributed by atoms with Crippen LogP contribution >= 0.6 is 14.4 Å². The van der Waals surface area contributed by atoms with Crippen LogP contribution in [0.5, 0.6) is 23.0 Å². The van der Waals surface area contributed by atoms with Crippen LogP contribution in [-0.2, 0) is 16.4 Å². The van der Waals surface area contributed by atoms with Gasteiger partial charge in [0.05, 0.1) is 0 Å². The highest BCUT2D eigenvalue weighted by Gasteiger charge is 2.39. The van der Waals surface area contributed by atoms with E-state index in [1.807, 2.05) is 24.3 Å². The van der Waals surface area contributed by atoms with Crippen molar-refractivity contribution in [2.24, 2.45) is 0 Å². The molecule has 1 N–H and O–H groups in total. The highest BCUT2D eigenvalue weighted by atomic mass is 32.5. The van der Waals surface area contributed by atoms with E-state index in [2.05, 4.69) is 4.86 Å². The van der Waals surface area contributed by atoms with E-state index in [1.54, 1.807) is 97.1 Å². The highest BCUT2D eigenvalue weighted by molar-refractivity contribution is 8.11. The van der Waals surface area contributed by atoms with E-state index in [1.165, 1.54) is 0 Å². The van der Waals surface area contributed by atoms with Crippen LogP contribution < -0.4 is 23.0 Å². The molecule has 33 heavy (non-hydrogen) atoms. The Bertz CT molecular complexity index is 1060. The fourth-order valence-corrected chi connectivity index (χ4v) is 7.69. The zero-order chi connectivity index (χ0) is 23.0. The van der Waals surface area contributed by atoms with Crippen molar-refractivity contribution in [3.63, 3.8) is 0 Å². The van der Waals surface area contributed by atoms with Gasteiger partial charge >= 0.3 is 14.4 Å². The van der Waals surface area contributed by atoms with Crippen molar-refractivity contribution >= 4 is 26.2 Å². The lowest BCUT2D eigenvalue weighted by Crippen LogP contribution is -2.21. The summed E-state index contributed by atoms with van der Waals surface area (Å²) in [6.45, 7) is -3.49. The molecule has 0 bridgehead atoms. The van der Waals surface area contributed by atoms with Gasteiger partial charge in [-0.05, 0) is 48.5 Å². The summed E-state index contributed by atoms with van der Waals surface area (Å²) in [6.07, 6.45) is 0. The molecule has 6 nitrogen and oxygen atoms in total. The predicted molar refractivity (Wildman–Crippen MR) is 133 cm³/mol. The Hall–Kier alpha value is -3.08. The Morgan fingerprint density at radius 3 is 1.06 bits per heavy atom. The molecular weight excluding hydrogens is 476 g/mol. The molecular formula is C24H21NO5P2S. The predicted octanol–water partition coefficient (Wildman–Crippen LogP) is 7.22. The number of hydrogen-bond acceptors (Lipinski definition) is 6. The number of para-hydroxylation sites is 4. The molecule has 0 aromatic heterocycles. The van der Waals surface area contributed by atoms with Crippen molar-refractivity contribution in [2.75, 3.05) is 0 Å². The normalized spacial score (nSPS) is 11.4. The molecule has 4 rings (SSSR count). The Morgan fingerprint density at radius 1 is 0.485 bits per heavy atom. The smallest absolute Gasteiger partial charge is 0.424 e. The molecule has 0 aliphatic rings. The fraction of sp³-hybridized carbons (Fsp3) is 0. The summed E-state index contributed by atoms with van der Waals surface area (Å²) >= 11 is 5.77.